The highest BCUT2D eigenvalue weighted by Crippen LogP contribution is 2.35. The quantitative estimate of drug-likeness (QED) is 0.697. The zero-order valence-corrected chi connectivity index (χ0v) is 14.8. The van der Waals surface area contributed by atoms with Crippen LogP contribution in [0, 0.1) is 0 Å². The van der Waals surface area contributed by atoms with Crippen molar-refractivity contribution in [3.8, 4) is 0 Å². The maximum Gasteiger partial charge on any atom is 0.330 e. The molecule has 0 bridgehead atoms. The molecule has 10 heteroatoms. The van der Waals surface area contributed by atoms with Crippen LogP contribution in [0.5, 0.6) is 0 Å². The van der Waals surface area contributed by atoms with Crippen molar-refractivity contribution in [1.29, 1.82) is 0 Å². The van der Waals surface area contributed by atoms with Gasteiger partial charge >= 0.3 is 5.69 Å². The highest BCUT2D eigenvalue weighted by molar-refractivity contribution is 6.88. The van der Waals surface area contributed by atoms with E-state index in [-0.39, 0.29) is 12.6 Å². The molecular weight excluding hydrogens is 330 g/mol. The van der Waals surface area contributed by atoms with E-state index in [1.165, 1.54) is 16.8 Å². The SMILES string of the molecule is C[Si](C)(C)c1cn([C@H]2C[C@H](n3ccc(=O)[nH]c3=O)O[C@@H]2CO)nn1. The molecule has 9 nitrogen and oxygen atoms in total. The number of aliphatic hydroxyl groups excluding tert-OH is 1. The standard InChI is InChI=1S/C14H21N5O4Si/c1-24(2,3)12-7-19(17-16-12)9-6-13(23-10(9)8-20)18-5-4-11(21)15-14(18)22/h4-5,7,9-10,13,20H,6,8H2,1-3H3,(H,15,21,22)/t9-,10+,13+/m0/s1. The number of hydrogen-bond acceptors (Lipinski definition) is 6. The lowest BCUT2D eigenvalue weighted by Gasteiger charge is -2.16. The fourth-order valence-electron chi connectivity index (χ4n) is 2.77. The van der Waals surface area contributed by atoms with Crippen molar-refractivity contribution < 1.29 is 9.84 Å². The lowest BCUT2D eigenvalue weighted by atomic mass is 10.1. The molecule has 0 unspecified atom stereocenters. The number of nitrogens with one attached hydrogen (secondary N) is 1. The van der Waals surface area contributed by atoms with E-state index in [2.05, 4.69) is 34.9 Å². The topological polar surface area (TPSA) is 115 Å². The third kappa shape index (κ3) is 3.12. The number of hydrogen-bond donors (Lipinski definition) is 2. The van der Waals surface area contributed by atoms with Crippen LogP contribution in [0.25, 0.3) is 0 Å². The number of aromatic nitrogens is 5. The normalized spacial score (nSPS) is 24.4. The van der Waals surface area contributed by atoms with Gasteiger partial charge in [0.25, 0.3) is 5.56 Å². The Morgan fingerprint density at radius 3 is 2.75 bits per heavy atom. The molecule has 0 amide bonds. The zero-order chi connectivity index (χ0) is 17.5. The van der Waals surface area contributed by atoms with Crippen LogP contribution in [0.1, 0.15) is 18.7 Å². The van der Waals surface area contributed by atoms with Gasteiger partial charge in [0.1, 0.15) is 20.4 Å². The van der Waals surface area contributed by atoms with E-state index in [9.17, 15) is 14.7 Å². The van der Waals surface area contributed by atoms with E-state index in [1.807, 2.05) is 6.20 Å². The summed E-state index contributed by atoms with van der Waals surface area (Å²) in [5.41, 5.74) is -0.994. The number of aromatic amines is 1. The van der Waals surface area contributed by atoms with Gasteiger partial charge in [-0.1, -0.05) is 24.9 Å². The largest absolute Gasteiger partial charge is 0.394 e. The zero-order valence-electron chi connectivity index (χ0n) is 13.8. The van der Waals surface area contributed by atoms with Crippen LogP contribution in [0.3, 0.4) is 0 Å². The molecule has 1 aliphatic heterocycles. The number of H-pyrrole nitrogens is 1. The number of aliphatic hydroxyl groups is 1. The van der Waals surface area contributed by atoms with Crippen LogP contribution in [0.2, 0.25) is 19.6 Å². The second kappa shape index (κ2) is 6.11. The van der Waals surface area contributed by atoms with E-state index in [4.69, 9.17) is 4.74 Å². The third-order valence-electron chi connectivity index (χ3n) is 4.16. The van der Waals surface area contributed by atoms with E-state index in [0.717, 1.165) is 5.32 Å². The van der Waals surface area contributed by atoms with Crippen LogP contribution in [0.15, 0.2) is 28.0 Å². The van der Waals surface area contributed by atoms with Crippen molar-refractivity contribution >= 4 is 13.4 Å². The summed E-state index contributed by atoms with van der Waals surface area (Å²) in [4.78, 5) is 25.3. The Labute approximate surface area is 138 Å². The van der Waals surface area contributed by atoms with Gasteiger partial charge in [0.05, 0.1) is 18.0 Å². The summed E-state index contributed by atoms with van der Waals surface area (Å²) in [5, 5.41) is 19.0. The van der Waals surface area contributed by atoms with E-state index >= 15 is 0 Å². The first kappa shape index (κ1) is 16.8. The molecule has 0 aliphatic carbocycles. The predicted molar refractivity (Wildman–Crippen MR) is 89.0 cm³/mol. The summed E-state index contributed by atoms with van der Waals surface area (Å²) in [6.45, 7) is 6.34. The molecule has 2 aromatic heterocycles. The minimum Gasteiger partial charge on any atom is -0.394 e. The van der Waals surface area contributed by atoms with Gasteiger partial charge < -0.3 is 9.84 Å². The molecule has 0 radical (unpaired) electrons. The summed E-state index contributed by atoms with van der Waals surface area (Å²) < 4.78 is 8.83. The van der Waals surface area contributed by atoms with Crippen molar-refractivity contribution in [2.45, 2.75) is 44.4 Å². The van der Waals surface area contributed by atoms with E-state index in [0.29, 0.717) is 6.42 Å². The number of nitrogens with zero attached hydrogens (tertiary/aromatic N) is 4. The summed E-state index contributed by atoms with van der Waals surface area (Å²) in [5.74, 6) is 0. The molecule has 0 aromatic carbocycles. The lowest BCUT2D eigenvalue weighted by molar-refractivity contribution is -0.0322. The van der Waals surface area contributed by atoms with Crippen LogP contribution in [-0.4, -0.2) is 50.4 Å². The molecule has 130 valence electrons. The van der Waals surface area contributed by atoms with Gasteiger partial charge in [0, 0.05) is 24.9 Å². The third-order valence-corrected chi connectivity index (χ3v) is 5.93. The van der Waals surface area contributed by atoms with E-state index in [1.54, 1.807) is 4.68 Å². The van der Waals surface area contributed by atoms with Crippen molar-refractivity contribution in [3.05, 3.63) is 39.3 Å². The molecule has 0 saturated carbocycles. The Bertz CT molecular complexity index is 836. The smallest absolute Gasteiger partial charge is 0.330 e. The predicted octanol–water partition coefficient (Wildman–Crippen LogP) is -0.806. The summed E-state index contributed by atoms with van der Waals surface area (Å²) >= 11 is 0. The molecule has 24 heavy (non-hydrogen) atoms. The van der Waals surface area contributed by atoms with Gasteiger partial charge in [-0.2, -0.15) is 0 Å². The fraction of sp³-hybridized carbons (Fsp3) is 0.571. The molecule has 3 atom stereocenters. The van der Waals surface area contributed by atoms with Crippen LogP contribution in [0.4, 0.5) is 0 Å². The van der Waals surface area contributed by atoms with E-state index < -0.39 is 31.7 Å². The Morgan fingerprint density at radius 2 is 2.17 bits per heavy atom. The Kier molecular flexibility index (Phi) is 4.28. The number of ether oxygens (including phenoxy) is 1. The molecule has 3 heterocycles. The summed E-state index contributed by atoms with van der Waals surface area (Å²) in [6, 6.07) is 1.04. The molecule has 0 spiro atoms. The number of rotatable bonds is 4. The second-order valence-electron chi connectivity index (χ2n) is 6.97. The second-order valence-corrected chi connectivity index (χ2v) is 12.0. The maximum atomic E-state index is 11.9. The van der Waals surface area contributed by atoms with Gasteiger partial charge in [0.2, 0.25) is 0 Å². The first-order valence-corrected chi connectivity index (χ1v) is 11.3. The molecule has 1 fully saturated rings. The summed E-state index contributed by atoms with van der Waals surface area (Å²) in [7, 11) is -1.58. The van der Waals surface area contributed by atoms with Gasteiger partial charge in [-0.25, -0.2) is 9.48 Å². The molecule has 1 aliphatic rings. The molecule has 2 aromatic rings. The minimum atomic E-state index is -1.58. The summed E-state index contributed by atoms with van der Waals surface area (Å²) in [6.07, 6.45) is 2.69. The minimum absolute atomic E-state index is 0.193. The van der Waals surface area contributed by atoms with Crippen LogP contribution >= 0.6 is 0 Å². The first-order valence-electron chi connectivity index (χ1n) is 7.79. The lowest BCUT2D eigenvalue weighted by Crippen LogP contribution is -2.38. The maximum absolute atomic E-state index is 11.9. The molecular formula is C14H21N5O4Si. The van der Waals surface area contributed by atoms with Gasteiger partial charge in [-0.05, 0) is 0 Å². The van der Waals surface area contributed by atoms with Gasteiger partial charge in [-0.3, -0.25) is 14.3 Å². The average molecular weight is 351 g/mol. The fourth-order valence-corrected chi connectivity index (χ4v) is 3.63. The van der Waals surface area contributed by atoms with Crippen molar-refractivity contribution in [2.75, 3.05) is 6.61 Å². The molecule has 2 N–H and O–H groups in total. The van der Waals surface area contributed by atoms with Crippen LogP contribution < -0.4 is 16.6 Å². The highest BCUT2D eigenvalue weighted by Gasteiger charge is 2.38. The van der Waals surface area contributed by atoms with Crippen molar-refractivity contribution in [1.82, 2.24) is 24.5 Å². The highest BCUT2D eigenvalue weighted by atomic mass is 28.3. The van der Waals surface area contributed by atoms with Crippen molar-refractivity contribution in [2.24, 2.45) is 0 Å². The van der Waals surface area contributed by atoms with Crippen LogP contribution in [-0.2, 0) is 4.74 Å². The molecule has 3 rings (SSSR count). The van der Waals surface area contributed by atoms with Gasteiger partial charge in [-0.15, -0.1) is 5.10 Å². The Hall–Kier alpha value is -2.04. The average Bonchev–Trinajstić information content (AvgIpc) is 3.13. The monoisotopic (exact) mass is 351 g/mol. The Balaban J connectivity index is 1.88. The van der Waals surface area contributed by atoms with Gasteiger partial charge in [0.15, 0.2) is 0 Å². The Morgan fingerprint density at radius 1 is 1.42 bits per heavy atom. The molecule has 1 saturated heterocycles. The first-order chi connectivity index (χ1) is 11.3. The van der Waals surface area contributed by atoms with Crippen molar-refractivity contribution in [3.63, 3.8) is 0 Å².